The summed E-state index contributed by atoms with van der Waals surface area (Å²) in [6.45, 7) is 5.38. The summed E-state index contributed by atoms with van der Waals surface area (Å²) in [6, 6.07) is 8.61. The lowest BCUT2D eigenvalue weighted by Crippen LogP contribution is -2.41. The molecule has 8 heteroatoms. The largest absolute Gasteiger partial charge is 0.495 e. The standard InChI is InChI=1S/C18H21ClN2O4S/c1-11-5-6-14(9-12(11)2)20-18(22)13(3)21-26(23,24)15-7-8-17(25-4)16(19)10-15/h5-10,13,21H,1-4H3,(H,20,22)/t13-/m1/s1. The van der Waals surface area contributed by atoms with Gasteiger partial charge in [0.1, 0.15) is 5.75 Å². The minimum absolute atomic E-state index is 0.0471. The molecule has 0 fully saturated rings. The van der Waals surface area contributed by atoms with E-state index in [0.717, 1.165) is 11.1 Å². The zero-order valence-corrected chi connectivity index (χ0v) is 16.5. The summed E-state index contributed by atoms with van der Waals surface area (Å²) in [5, 5.41) is 2.87. The molecule has 0 saturated heterocycles. The molecular weight excluding hydrogens is 376 g/mol. The fourth-order valence-corrected chi connectivity index (χ4v) is 3.79. The third-order valence-corrected chi connectivity index (χ3v) is 5.77. The van der Waals surface area contributed by atoms with Crippen LogP contribution in [-0.4, -0.2) is 27.5 Å². The Balaban J connectivity index is 2.11. The van der Waals surface area contributed by atoms with E-state index < -0.39 is 22.0 Å². The molecule has 0 unspecified atom stereocenters. The smallest absolute Gasteiger partial charge is 0.242 e. The van der Waals surface area contributed by atoms with Gasteiger partial charge in [-0.15, -0.1) is 0 Å². The van der Waals surface area contributed by atoms with E-state index in [-0.39, 0.29) is 9.92 Å². The second kappa shape index (κ2) is 8.07. The van der Waals surface area contributed by atoms with E-state index >= 15 is 0 Å². The van der Waals surface area contributed by atoms with Crippen molar-refractivity contribution < 1.29 is 17.9 Å². The van der Waals surface area contributed by atoms with Gasteiger partial charge in [0, 0.05) is 5.69 Å². The fourth-order valence-electron chi connectivity index (χ4n) is 2.24. The van der Waals surface area contributed by atoms with E-state index in [2.05, 4.69) is 10.0 Å². The van der Waals surface area contributed by atoms with Crippen molar-refractivity contribution in [2.75, 3.05) is 12.4 Å². The number of rotatable bonds is 6. The van der Waals surface area contributed by atoms with E-state index in [9.17, 15) is 13.2 Å². The summed E-state index contributed by atoms with van der Waals surface area (Å²) in [5.41, 5.74) is 2.74. The predicted octanol–water partition coefficient (Wildman–Crippen LogP) is 3.27. The molecule has 0 heterocycles. The Bertz CT molecular complexity index is 929. The normalized spacial score (nSPS) is 12.5. The van der Waals surface area contributed by atoms with Crippen LogP contribution in [0.2, 0.25) is 5.02 Å². The number of carbonyl (C=O) groups is 1. The molecule has 2 rings (SSSR count). The average molecular weight is 397 g/mol. The molecule has 1 atom stereocenters. The van der Waals surface area contributed by atoms with Gasteiger partial charge in [-0.2, -0.15) is 4.72 Å². The predicted molar refractivity (Wildman–Crippen MR) is 102 cm³/mol. The highest BCUT2D eigenvalue weighted by Crippen LogP contribution is 2.27. The number of ether oxygens (including phenoxy) is 1. The Morgan fingerprint density at radius 1 is 1.12 bits per heavy atom. The molecule has 0 spiro atoms. The van der Waals surface area contributed by atoms with Crippen LogP contribution in [0, 0.1) is 13.8 Å². The summed E-state index contributed by atoms with van der Waals surface area (Å²) < 4.78 is 32.3. The number of aryl methyl sites for hydroxylation is 2. The number of benzene rings is 2. The first-order chi connectivity index (χ1) is 12.1. The Hall–Kier alpha value is -2.09. The minimum Gasteiger partial charge on any atom is -0.495 e. The van der Waals surface area contributed by atoms with Gasteiger partial charge in [-0.1, -0.05) is 17.7 Å². The molecular formula is C18H21ClN2O4S. The third kappa shape index (κ3) is 4.75. The van der Waals surface area contributed by atoms with E-state index in [4.69, 9.17) is 16.3 Å². The van der Waals surface area contributed by atoms with Gasteiger partial charge in [0.15, 0.2) is 0 Å². The Morgan fingerprint density at radius 3 is 2.38 bits per heavy atom. The van der Waals surface area contributed by atoms with Crippen LogP contribution in [0.3, 0.4) is 0 Å². The van der Waals surface area contributed by atoms with Crippen molar-refractivity contribution in [3.8, 4) is 5.75 Å². The van der Waals surface area contributed by atoms with Crippen LogP contribution in [0.1, 0.15) is 18.1 Å². The molecule has 2 aromatic carbocycles. The van der Waals surface area contributed by atoms with Crippen molar-refractivity contribution in [3.05, 3.63) is 52.5 Å². The molecule has 0 bridgehead atoms. The highest BCUT2D eigenvalue weighted by Gasteiger charge is 2.23. The number of hydrogen-bond acceptors (Lipinski definition) is 4. The minimum atomic E-state index is -3.91. The summed E-state index contributed by atoms with van der Waals surface area (Å²) in [4.78, 5) is 12.3. The van der Waals surface area contributed by atoms with Crippen LogP contribution in [0.25, 0.3) is 0 Å². The molecule has 0 aromatic heterocycles. The molecule has 6 nitrogen and oxygen atoms in total. The highest BCUT2D eigenvalue weighted by atomic mass is 35.5. The van der Waals surface area contributed by atoms with E-state index in [1.807, 2.05) is 26.0 Å². The molecule has 1 amide bonds. The van der Waals surface area contributed by atoms with Crippen LogP contribution in [0.4, 0.5) is 5.69 Å². The average Bonchev–Trinajstić information content (AvgIpc) is 2.57. The Morgan fingerprint density at radius 2 is 1.81 bits per heavy atom. The van der Waals surface area contributed by atoms with Crippen LogP contribution < -0.4 is 14.8 Å². The fraction of sp³-hybridized carbons (Fsp3) is 0.278. The van der Waals surface area contributed by atoms with Gasteiger partial charge in [0.25, 0.3) is 0 Å². The Labute approximate surface area is 158 Å². The number of hydrogen-bond donors (Lipinski definition) is 2. The molecule has 26 heavy (non-hydrogen) atoms. The van der Waals surface area contributed by atoms with Crippen molar-refractivity contribution in [2.45, 2.75) is 31.7 Å². The quantitative estimate of drug-likeness (QED) is 0.784. The molecule has 140 valence electrons. The van der Waals surface area contributed by atoms with Crippen LogP contribution in [-0.2, 0) is 14.8 Å². The molecule has 0 aliphatic heterocycles. The lowest BCUT2D eigenvalue weighted by atomic mass is 10.1. The number of amides is 1. The van der Waals surface area contributed by atoms with Crippen LogP contribution in [0.5, 0.6) is 5.75 Å². The second-order valence-electron chi connectivity index (χ2n) is 5.93. The van der Waals surface area contributed by atoms with Gasteiger partial charge in [0.2, 0.25) is 15.9 Å². The van der Waals surface area contributed by atoms with E-state index in [0.29, 0.717) is 11.4 Å². The van der Waals surface area contributed by atoms with Crippen molar-refractivity contribution in [3.63, 3.8) is 0 Å². The van der Waals surface area contributed by atoms with Crippen molar-refractivity contribution in [2.24, 2.45) is 0 Å². The van der Waals surface area contributed by atoms with Crippen molar-refractivity contribution in [1.29, 1.82) is 0 Å². The van der Waals surface area contributed by atoms with Gasteiger partial charge < -0.3 is 10.1 Å². The number of anilines is 1. The zero-order chi connectivity index (χ0) is 19.5. The van der Waals surface area contributed by atoms with Crippen LogP contribution in [0.15, 0.2) is 41.3 Å². The maximum atomic E-state index is 12.5. The molecule has 0 radical (unpaired) electrons. The molecule has 0 aliphatic carbocycles. The molecule has 2 aromatic rings. The first kappa shape index (κ1) is 20.2. The van der Waals surface area contributed by atoms with Gasteiger partial charge in [0.05, 0.1) is 23.1 Å². The number of sulfonamides is 1. The number of methoxy groups -OCH3 is 1. The van der Waals surface area contributed by atoms with Crippen LogP contribution >= 0.6 is 11.6 Å². The lowest BCUT2D eigenvalue weighted by Gasteiger charge is -2.15. The van der Waals surface area contributed by atoms with Gasteiger partial charge >= 0.3 is 0 Å². The summed E-state index contributed by atoms with van der Waals surface area (Å²) >= 11 is 5.97. The molecule has 0 aliphatic rings. The lowest BCUT2D eigenvalue weighted by molar-refractivity contribution is -0.117. The SMILES string of the molecule is COc1ccc(S(=O)(=O)N[C@H](C)C(=O)Nc2ccc(C)c(C)c2)cc1Cl. The monoisotopic (exact) mass is 396 g/mol. The summed E-state index contributed by atoms with van der Waals surface area (Å²) in [7, 11) is -2.47. The maximum Gasteiger partial charge on any atom is 0.242 e. The first-order valence-corrected chi connectivity index (χ1v) is 9.74. The number of carbonyl (C=O) groups excluding carboxylic acids is 1. The maximum absolute atomic E-state index is 12.5. The Kier molecular flexibility index (Phi) is 6.28. The van der Waals surface area contributed by atoms with E-state index in [1.165, 1.54) is 32.2 Å². The van der Waals surface area contributed by atoms with Gasteiger partial charge in [-0.3, -0.25) is 4.79 Å². The van der Waals surface area contributed by atoms with Crippen molar-refractivity contribution >= 4 is 33.2 Å². The number of nitrogens with one attached hydrogen (secondary N) is 2. The third-order valence-electron chi connectivity index (χ3n) is 3.93. The van der Waals surface area contributed by atoms with Gasteiger partial charge in [-0.05, 0) is 62.2 Å². The summed E-state index contributed by atoms with van der Waals surface area (Å²) in [5.74, 6) is -0.0948. The first-order valence-electron chi connectivity index (χ1n) is 7.88. The van der Waals surface area contributed by atoms with Gasteiger partial charge in [-0.25, -0.2) is 8.42 Å². The highest BCUT2D eigenvalue weighted by molar-refractivity contribution is 7.89. The molecule has 2 N–H and O–H groups in total. The topological polar surface area (TPSA) is 84.5 Å². The summed E-state index contributed by atoms with van der Waals surface area (Å²) in [6.07, 6.45) is 0. The number of halogens is 1. The zero-order valence-electron chi connectivity index (χ0n) is 15.0. The second-order valence-corrected chi connectivity index (χ2v) is 8.05. The van der Waals surface area contributed by atoms with E-state index in [1.54, 1.807) is 6.07 Å². The molecule has 0 saturated carbocycles. The van der Waals surface area contributed by atoms with Crippen molar-refractivity contribution in [1.82, 2.24) is 4.72 Å².